The van der Waals surface area contributed by atoms with Crippen LogP contribution in [0.5, 0.6) is 11.5 Å². The van der Waals surface area contributed by atoms with Crippen molar-refractivity contribution >= 4 is 17.5 Å². The highest BCUT2D eigenvalue weighted by Crippen LogP contribution is 2.29. The molecular formula is C19H19F2N3O6. The monoisotopic (exact) mass is 423 g/mol. The number of halogens is 2. The molecule has 11 heteroatoms. The van der Waals surface area contributed by atoms with Gasteiger partial charge in [-0.3, -0.25) is 19.7 Å². The van der Waals surface area contributed by atoms with Crippen LogP contribution in [0.2, 0.25) is 0 Å². The number of ether oxygens (including phenoxy) is 2. The molecule has 2 amide bonds. The molecule has 0 aliphatic rings. The van der Waals surface area contributed by atoms with Crippen molar-refractivity contribution in [3.05, 3.63) is 63.7 Å². The first-order valence-electron chi connectivity index (χ1n) is 8.71. The van der Waals surface area contributed by atoms with Gasteiger partial charge in [0.15, 0.2) is 11.5 Å². The van der Waals surface area contributed by atoms with Gasteiger partial charge in [0.1, 0.15) is 0 Å². The number of carbonyl (C=O) groups excluding carboxylic acids is 2. The lowest BCUT2D eigenvalue weighted by Gasteiger charge is -2.12. The zero-order valence-corrected chi connectivity index (χ0v) is 15.9. The van der Waals surface area contributed by atoms with Gasteiger partial charge in [0, 0.05) is 24.2 Å². The standard InChI is InChI=1S/C19H19F2N3O6/c1-29-15-6-5-12(9-16(15)30-19(20)21)7-8-22-17(25)11-23-18(26)13-3-2-4-14(10-13)24(27)28/h2-6,9-10,19H,7-8,11H2,1H3,(H,22,25)(H,23,26). The molecule has 0 bridgehead atoms. The third kappa shape index (κ3) is 6.69. The molecule has 30 heavy (non-hydrogen) atoms. The van der Waals surface area contributed by atoms with E-state index in [1.807, 2.05) is 0 Å². The third-order valence-corrected chi connectivity index (χ3v) is 3.91. The number of nitro groups is 1. The zero-order chi connectivity index (χ0) is 22.1. The number of hydrogen-bond donors (Lipinski definition) is 2. The van der Waals surface area contributed by atoms with Crippen molar-refractivity contribution in [1.82, 2.24) is 10.6 Å². The van der Waals surface area contributed by atoms with Gasteiger partial charge in [-0.2, -0.15) is 8.78 Å². The minimum atomic E-state index is -3.00. The van der Waals surface area contributed by atoms with Gasteiger partial charge in [0.25, 0.3) is 11.6 Å². The normalized spacial score (nSPS) is 10.4. The maximum atomic E-state index is 12.5. The van der Waals surface area contributed by atoms with Crippen molar-refractivity contribution in [2.75, 3.05) is 20.2 Å². The fraction of sp³-hybridized carbons (Fsp3) is 0.263. The van der Waals surface area contributed by atoms with Gasteiger partial charge in [-0.15, -0.1) is 0 Å². The van der Waals surface area contributed by atoms with Crippen molar-refractivity contribution in [1.29, 1.82) is 0 Å². The second-order valence-electron chi connectivity index (χ2n) is 5.95. The Labute approximate surface area is 170 Å². The minimum absolute atomic E-state index is 0.0572. The number of non-ortho nitro benzene ring substituents is 1. The van der Waals surface area contributed by atoms with Crippen LogP contribution in [0.4, 0.5) is 14.5 Å². The van der Waals surface area contributed by atoms with Gasteiger partial charge in [-0.1, -0.05) is 12.1 Å². The molecule has 2 N–H and O–H groups in total. The average Bonchev–Trinajstić information content (AvgIpc) is 2.72. The zero-order valence-electron chi connectivity index (χ0n) is 15.9. The van der Waals surface area contributed by atoms with Crippen LogP contribution in [-0.2, 0) is 11.2 Å². The van der Waals surface area contributed by atoms with E-state index >= 15 is 0 Å². The Morgan fingerprint density at radius 3 is 2.57 bits per heavy atom. The van der Waals surface area contributed by atoms with Crippen molar-refractivity contribution < 1.29 is 32.8 Å². The molecule has 0 saturated heterocycles. The highest BCUT2D eigenvalue weighted by Gasteiger charge is 2.13. The van der Waals surface area contributed by atoms with Gasteiger partial charge >= 0.3 is 6.61 Å². The molecule has 0 unspecified atom stereocenters. The average molecular weight is 423 g/mol. The molecule has 2 aromatic rings. The highest BCUT2D eigenvalue weighted by atomic mass is 19.3. The number of amides is 2. The maximum absolute atomic E-state index is 12.5. The summed E-state index contributed by atoms with van der Waals surface area (Å²) in [6, 6.07) is 9.64. The Bertz CT molecular complexity index is 923. The number of nitrogens with one attached hydrogen (secondary N) is 2. The van der Waals surface area contributed by atoms with Gasteiger partial charge in [0.05, 0.1) is 18.6 Å². The van der Waals surface area contributed by atoms with E-state index < -0.39 is 23.3 Å². The summed E-state index contributed by atoms with van der Waals surface area (Å²) in [6.07, 6.45) is 0.328. The lowest BCUT2D eigenvalue weighted by molar-refractivity contribution is -0.384. The van der Waals surface area contributed by atoms with E-state index in [2.05, 4.69) is 15.4 Å². The van der Waals surface area contributed by atoms with Crippen molar-refractivity contribution in [2.24, 2.45) is 0 Å². The van der Waals surface area contributed by atoms with Crippen LogP contribution in [0.25, 0.3) is 0 Å². The summed E-state index contributed by atoms with van der Waals surface area (Å²) >= 11 is 0. The number of alkyl halides is 2. The number of nitro benzene ring substituents is 1. The summed E-state index contributed by atoms with van der Waals surface area (Å²) in [5.74, 6) is -1.06. The first-order chi connectivity index (χ1) is 14.3. The molecule has 2 aromatic carbocycles. The largest absolute Gasteiger partial charge is 0.493 e. The minimum Gasteiger partial charge on any atom is -0.493 e. The fourth-order valence-corrected chi connectivity index (χ4v) is 2.50. The first kappa shape index (κ1) is 22.5. The van der Waals surface area contributed by atoms with E-state index in [0.717, 1.165) is 6.07 Å². The second-order valence-corrected chi connectivity index (χ2v) is 5.95. The Kier molecular flexibility index (Phi) is 8.03. The van der Waals surface area contributed by atoms with E-state index in [0.29, 0.717) is 12.0 Å². The van der Waals surface area contributed by atoms with Gasteiger partial charge in [0.2, 0.25) is 5.91 Å². The molecule has 0 radical (unpaired) electrons. The summed E-state index contributed by atoms with van der Waals surface area (Å²) in [7, 11) is 1.33. The van der Waals surface area contributed by atoms with Crippen LogP contribution in [0.1, 0.15) is 15.9 Å². The number of hydrogen-bond acceptors (Lipinski definition) is 6. The Morgan fingerprint density at radius 2 is 1.90 bits per heavy atom. The molecule has 0 atom stereocenters. The summed E-state index contributed by atoms with van der Waals surface area (Å²) in [4.78, 5) is 34.0. The van der Waals surface area contributed by atoms with Crippen LogP contribution in [0.15, 0.2) is 42.5 Å². The van der Waals surface area contributed by atoms with E-state index in [9.17, 15) is 28.5 Å². The van der Waals surface area contributed by atoms with Crippen LogP contribution < -0.4 is 20.1 Å². The van der Waals surface area contributed by atoms with Gasteiger partial charge in [-0.25, -0.2) is 0 Å². The second kappa shape index (κ2) is 10.7. The molecule has 0 saturated carbocycles. The van der Waals surface area contributed by atoms with Crippen molar-refractivity contribution in [3.63, 3.8) is 0 Å². The summed E-state index contributed by atoms with van der Waals surface area (Å²) in [5.41, 5.74) is 0.455. The molecule has 160 valence electrons. The van der Waals surface area contributed by atoms with Crippen LogP contribution in [0, 0.1) is 10.1 Å². The molecule has 0 aliphatic carbocycles. The number of rotatable bonds is 10. The van der Waals surface area contributed by atoms with E-state index in [4.69, 9.17) is 4.74 Å². The summed E-state index contributed by atoms with van der Waals surface area (Å²) in [6.45, 7) is -3.14. The number of carbonyl (C=O) groups is 2. The van der Waals surface area contributed by atoms with E-state index in [-0.39, 0.29) is 35.8 Å². The number of nitrogens with zero attached hydrogens (tertiary/aromatic N) is 1. The number of methoxy groups -OCH3 is 1. The summed E-state index contributed by atoms with van der Waals surface area (Å²) < 4.78 is 34.3. The predicted octanol–water partition coefficient (Wildman–Crippen LogP) is 2.29. The van der Waals surface area contributed by atoms with Crippen LogP contribution in [-0.4, -0.2) is 43.5 Å². The van der Waals surface area contributed by atoms with Gasteiger partial charge in [-0.05, 0) is 30.2 Å². The van der Waals surface area contributed by atoms with Crippen LogP contribution in [0.3, 0.4) is 0 Å². The quantitative estimate of drug-likeness (QED) is 0.447. The Balaban J connectivity index is 1.82. The fourth-order valence-electron chi connectivity index (χ4n) is 2.50. The SMILES string of the molecule is COc1ccc(CCNC(=O)CNC(=O)c2cccc([N+](=O)[O-])c2)cc1OC(F)F. The topological polar surface area (TPSA) is 120 Å². The predicted molar refractivity (Wildman–Crippen MR) is 102 cm³/mol. The Hall–Kier alpha value is -3.76. The smallest absolute Gasteiger partial charge is 0.387 e. The highest BCUT2D eigenvalue weighted by molar-refractivity contribution is 5.96. The van der Waals surface area contributed by atoms with Crippen molar-refractivity contribution in [3.8, 4) is 11.5 Å². The van der Waals surface area contributed by atoms with Crippen molar-refractivity contribution in [2.45, 2.75) is 13.0 Å². The number of benzene rings is 2. The molecule has 9 nitrogen and oxygen atoms in total. The molecule has 0 heterocycles. The molecule has 0 spiro atoms. The lowest BCUT2D eigenvalue weighted by atomic mass is 10.1. The molecule has 0 aliphatic heterocycles. The molecule has 0 fully saturated rings. The lowest BCUT2D eigenvalue weighted by Crippen LogP contribution is -2.37. The molecular weight excluding hydrogens is 404 g/mol. The van der Waals surface area contributed by atoms with Crippen LogP contribution >= 0.6 is 0 Å². The maximum Gasteiger partial charge on any atom is 0.387 e. The molecule has 0 aromatic heterocycles. The van der Waals surface area contributed by atoms with E-state index in [1.165, 1.54) is 37.4 Å². The molecule has 2 rings (SSSR count). The summed E-state index contributed by atoms with van der Waals surface area (Å²) in [5, 5.41) is 15.7. The van der Waals surface area contributed by atoms with E-state index in [1.54, 1.807) is 6.07 Å². The first-order valence-corrected chi connectivity index (χ1v) is 8.71. The van der Waals surface area contributed by atoms with Gasteiger partial charge < -0.3 is 20.1 Å². The third-order valence-electron chi connectivity index (χ3n) is 3.91. The Morgan fingerprint density at radius 1 is 1.13 bits per heavy atom.